The number of oxazole rings is 1. The van der Waals surface area contributed by atoms with Crippen molar-refractivity contribution < 1.29 is 40.3 Å². The number of hydrogen-bond acceptors (Lipinski definition) is 7. The first-order valence-corrected chi connectivity index (χ1v) is 14.1. The van der Waals surface area contributed by atoms with E-state index in [1.54, 1.807) is 38.1 Å². The van der Waals surface area contributed by atoms with E-state index in [1.165, 1.54) is 25.3 Å². The van der Waals surface area contributed by atoms with Crippen LogP contribution in [-0.2, 0) is 38.9 Å². The zero-order chi connectivity index (χ0) is 30.2. The highest BCUT2D eigenvalue weighted by atomic mass is 32.2. The highest BCUT2D eigenvalue weighted by molar-refractivity contribution is 7.86. The Morgan fingerprint density at radius 2 is 1.88 bits per heavy atom. The fraction of sp³-hybridized carbons (Fsp3) is 0.357. The monoisotopic (exact) mass is 595 g/mol. The van der Waals surface area contributed by atoms with Crippen LogP contribution in [0.25, 0.3) is 11.5 Å². The van der Waals surface area contributed by atoms with Gasteiger partial charge in [-0.1, -0.05) is 18.2 Å². The summed E-state index contributed by atoms with van der Waals surface area (Å²) in [4.78, 5) is 16.5. The summed E-state index contributed by atoms with van der Waals surface area (Å²) in [6.45, 7) is 6.73. The lowest BCUT2D eigenvalue weighted by atomic mass is 10.1. The Morgan fingerprint density at radius 1 is 1.17 bits per heavy atom. The van der Waals surface area contributed by atoms with Gasteiger partial charge in [0.05, 0.1) is 24.5 Å². The topological polar surface area (TPSA) is 102 Å². The second-order valence-electron chi connectivity index (χ2n) is 8.99. The molecule has 0 amide bonds. The summed E-state index contributed by atoms with van der Waals surface area (Å²) in [7, 11) is -2.60. The summed E-state index contributed by atoms with van der Waals surface area (Å²) >= 11 is 0. The molecular weight excluding hydrogens is 563 g/mol. The number of ether oxygens (including phenoxy) is 2. The Bertz CT molecular complexity index is 1440. The van der Waals surface area contributed by atoms with Crippen molar-refractivity contribution in [2.75, 3.05) is 33.4 Å². The van der Waals surface area contributed by atoms with Crippen LogP contribution < -0.4 is 4.74 Å². The van der Waals surface area contributed by atoms with Gasteiger partial charge in [-0.15, -0.1) is 6.58 Å². The van der Waals surface area contributed by atoms with Crippen LogP contribution in [0.3, 0.4) is 0 Å². The van der Waals surface area contributed by atoms with E-state index in [0.717, 1.165) is 20.7 Å². The molecule has 3 rings (SSSR count). The van der Waals surface area contributed by atoms with Gasteiger partial charge in [-0.25, -0.2) is 4.98 Å². The molecule has 3 aromatic rings. The van der Waals surface area contributed by atoms with Crippen molar-refractivity contribution in [3.05, 3.63) is 83.8 Å². The largest absolute Gasteiger partial charge is 0.493 e. The van der Waals surface area contributed by atoms with E-state index < -0.39 is 34.5 Å². The van der Waals surface area contributed by atoms with E-state index >= 15 is 0 Å². The van der Waals surface area contributed by atoms with E-state index in [9.17, 15) is 26.4 Å². The SMILES string of the molecule is C=CCN(C)S(=O)(=O)N(CC(=O)OCC)Cc1cccc(OCCc2nc(-c3ccc(C(F)(F)F)cc3)oc2C)c1. The number of carbonyl (C=O) groups excluding carboxylic acids is 1. The minimum Gasteiger partial charge on any atom is -0.493 e. The van der Waals surface area contributed by atoms with Gasteiger partial charge in [0, 0.05) is 32.1 Å². The Labute approximate surface area is 237 Å². The molecule has 0 aliphatic carbocycles. The average Bonchev–Trinajstić information content (AvgIpc) is 3.28. The number of alkyl halides is 3. The lowest BCUT2D eigenvalue weighted by molar-refractivity contribution is -0.143. The maximum absolute atomic E-state index is 13.1. The van der Waals surface area contributed by atoms with Gasteiger partial charge in [0.1, 0.15) is 18.1 Å². The summed E-state index contributed by atoms with van der Waals surface area (Å²) < 4.78 is 83.2. The lowest BCUT2D eigenvalue weighted by Crippen LogP contribution is -2.44. The van der Waals surface area contributed by atoms with E-state index in [1.807, 2.05) is 0 Å². The van der Waals surface area contributed by atoms with Crippen molar-refractivity contribution in [2.45, 2.75) is 33.0 Å². The third-order valence-corrected chi connectivity index (χ3v) is 7.78. The second-order valence-corrected chi connectivity index (χ2v) is 11.0. The normalized spacial score (nSPS) is 12.1. The second kappa shape index (κ2) is 13.8. The fourth-order valence-electron chi connectivity index (χ4n) is 3.83. The molecule has 0 fully saturated rings. The Balaban J connectivity index is 1.67. The van der Waals surface area contributed by atoms with E-state index in [4.69, 9.17) is 13.9 Å². The Morgan fingerprint density at radius 3 is 2.51 bits per heavy atom. The van der Waals surface area contributed by atoms with Gasteiger partial charge in [-0.2, -0.15) is 30.2 Å². The van der Waals surface area contributed by atoms with Crippen molar-refractivity contribution in [3.8, 4) is 17.2 Å². The van der Waals surface area contributed by atoms with Gasteiger partial charge in [0.15, 0.2) is 0 Å². The molecule has 9 nitrogen and oxygen atoms in total. The number of benzene rings is 2. The van der Waals surface area contributed by atoms with Crippen LogP contribution in [0, 0.1) is 6.92 Å². The maximum Gasteiger partial charge on any atom is 0.416 e. The Hall–Kier alpha value is -3.68. The fourth-order valence-corrected chi connectivity index (χ4v) is 5.10. The molecule has 0 saturated carbocycles. The zero-order valence-electron chi connectivity index (χ0n) is 23.0. The van der Waals surface area contributed by atoms with Crippen LogP contribution in [-0.4, -0.2) is 61.3 Å². The van der Waals surface area contributed by atoms with E-state index in [0.29, 0.717) is 34.8 Å². The molecule has 41 heavy (non-hydrogen) atoms. The molecule has 1 aromatic heterocycles. The molecule has 0 aliphatic rings. The van der Waals surface area contributed by atoms with Crippen LogP contribution in [0.4, 0.5) is 13.2 Å². The third-order valence-electron chi connectivity index (χ3n) is 5.93. The number of esters is 1. The summed E-state index contributed by atoms with van der Waals surface area (Å²) in [5.41, 5.74) is 0.838. The maximum atomic E-state index is 13.1. The summed E-state index contributed by atoms with van der Waals surface area (Å²) in [6.07, 6.45) is -2.63. The van der Waals surface area contributed by atoms with Crippen molar-refractivity contribution >= 4 is 16.2 Å². The molecule has 0 spiro atoms. The minimum atomic E-state index is -4.43. The molecule has 0 aliphatic heterocycles. The van der Waals surface area contributed by atoms with Gasteiger partial charge in [0.25, 0.3) is 10.2 Å². The number of nitrogens with zero attached hydrogens (tertiary/aromatic N) is 3. The van der Waals surface area contributed by atoms with E-state index in [2.05, 4.69) is 11.6 Å². The van der Waals surface area contributed by atoms with Crippen LogP contribution in [0.15, 0.2) is 65.6 Å². The molecule has 0 N–H and O–H groups in total. The highest BCUT2D eigenvalue weighted by Gasteiger charge is 2.31. The molecule has 0 bridgehead atoms. The van der Waals surface area contributed by atoms with Crippen LogP contribution in [0.5, 0.6) is 5.75 Å². The molecule has 0 saturated heterocycles. The summed E-state index contributed by atoms with van der Waals surface area (Å²) in [6, 6.07) is 11.4. The lowest BCUT2D eigenvalue weighted by Gasteiger charge is -2.26. The first kappa shape index (κ1) is 31.8. The Kier molecular flexibility index (Phi) is 10.7. The van der Waals surface area contributed by atoms with Gasteiger partial charge in [-0.05, 0) is 55.8 Å². The van der Waals surface area contributed by atoms with Crippen molar-refractivity contribution in [2.24, 2.45) is 0 Å². The number of hydrogen-bond donors (Lipinski definition) is 0. The molecule has 1 heterocycles. The number of rotatable bonds is 14. The quantitative estimate of drug-likeness (QED) is 0.191. The summed E-state index contributed by atoms with van der Waals surface area (Å²) in [5, 5.41) is 0. The molecule has 0 unspecified atom stereocenters. The van der Waals surface area contributed by atoms with Crippen LogP contribution >= 0.6 is 0 Å². The van der Waals surface area contributed by atoms with Crippen molar-refractivity contribution in [1.82, 2.24) is 13.6 Å². The number of aryl methyl sites for hydroxylation is 1. The predicted molar refractivity (Wildman–Crippen MR) is 146 cm³/mol. The summed E-state index contributed by atoms with van der Waals surface area (Å²) in [5.74, 6) is 0.520. The molecule has 0 atom stereocenters. The standard InChI is InChI=1S/C28H32F3N3O6S/c1-5-15-33(4)41(36,37)34(19-26(35)38-6-2)18-21-8-7-9-24(17-21)39-16-14-25-20(3)40-27(32-25)22-10-12-23(13-11-22)28(29,30)31/h5,7-13,17H,1,6,14-16,18-19H2,2-4H3. The molecule has 13 heteroatoms. The smallest absolute Gasteiger partial charge is 0.416 e. The number of likely N-dealkylation sites (N-methyl/N-ethyl adjacent to an activating group) is 1. The van der Waals surface area contributed by atoms with Crippen LogP contribution in [0.2, 0.25) is 0 Å². The molecule has 2 aromatic carbocycles. The van der Waals surface area contributed by atoms with E-state index in [-0.39, 0.29) is 32.2 Å². The predicted octanol–water partition coefficient (Wildman–Crippen LogP) is 5.02. The van der Waals surface area contributed by atoms with Crippen LogP contribution in [0.1, 0.15) is 29.5 Å². The molecule has 0 radical (unpaired) electrons. The third kappa shape index (κ3) is 8.65. The van der Waals surface area contributed by atoms with Gasteiger partial charge >= 0.3 is 12.1 Å². The first-order valence-electron chi connectivity index (χ1n) is 12.7. The van der Waals surface area contributed by atoms with Gasteiger partial charge in [0.2, 0.25) is 5.89 Å². The highest BCUT2D eigenvalue weighted by Crippen LogP contribution is 2.31. The minimum absolute atomic E-state index is 0.0624. The number of carbonyl (C=O) groups is 1. The van der Waals surface area contributed by atoms with Gasteiger partial charge in [-0.3, -0.25) is 4.79 Å². The number of halogens is 3. The first-order chi connectivity index (χ1) is 19.3. The zero-order valence-corrected chi connectivity index (χ0v) is 23.8. The van der Waals surface area contributed by atoms with Gasteiger partial charge < -0.3 is 13.9 Å². The molecule has 222 valence electrons. The number of aromatic nitrogens is 1. The van der Waals surface area contributed by atoms with Crippen molar-refractivity contribution in [1.29, 1.82) is 0 Å². The average molecular weight is 596 g/mol. The van der Waals surface area contributed by atoms with Crippen molar-refractivity contribution in [3.63, 3.8) is 0 Å². The molecular formula is C28H32F3N3O6S.